The molecule has 1 fully saturated rings. The Morgan fingerprint density at radius 3 is 2.83 bits per heavy atom. The molecule has 2 nitrogen and oxygen atoms in total. The summed E-state index contributed by atoms with van der Waals surface area (Å²) in [4.78, 5) is 2.31. The molecule has 0 bridgehead atoms. The average molecular weight is 271 g/mol. The van der Waals surface area contributed by atoms with Gasteiger partial charge < -0.3 is 5.73 Å². The Bertz CT molecular complexity index is 422. The van der Waals surface area contributed by atoms with Gasteiger partial charge in [-0.05, 0) is 57.5 Å². The van der Waals surface area contributed by atoms with E-state index in [0.717, 1.165) is 13.0 Å². The van der Waals surface area contributed by atoms with Crippen molar-refractivity contribution in [3.8, 4) is 0 Å². The minimum atomic E-state index is -0.185. The smallest absolute Gasteiger partial charge is 0.128 e. The van der Waals surface area contributed by atoms with Crippen molar-refractivity contribution in [2.75, 3.05) is 13.1 Å². The van der Waals surface area contributed by atoms with E-state index in [2.05, 4.69) is 18.7 Å². The van der Waals surface area contributed by atoms with E-state index in [1.807, 2.05) is 0 Å². The molecule has 0 saturated carbocycles. The third-order valence-electron chi connectivity index (χ3n) is 3.80. The molecule has 0 aliphatic carbocycles. The number of likely N-dealkylation sites (tertiary alicyclic amines) is 1. The normalized spacial score (nSPS) is 25.0. The van der Waals surface area contributed by atoms with E-state index in [-0.39, 0.29) is 11.9 Å². The maximum absolute atomic E-state index is 14.0. The first-order valence-electron chi connectivity index (χ1n) is 6.45. The van der Waals surface area contributed by atoms with Crippen LogP contribution in [-0.4, -0.2) is 24.0 Å². The fraction of sp³-hybridized carbons (Fsp3) is 0.571. The largest absolute Gasteiger partial charge is 0.330 e. The molecule has 2 atom stereocenters. The Morgan fingerprint density at radius 2 is 2.22 bits per heavy atom. The molecule has 1 aliphatic rings. The van der Waals surface area contributed by atoms with E-state index >= 15 is 0 Å². The third kappa shape index (κ3) is 2.53. The maximum atomic E-state index is 14.0. The highest BCUT2D eigenvalue weighted by Crippen LogP contribution is 2.39. The second kappa shape index (κ2) is 5.55. The predicted octanol–water partition coefficient (Wildman–Crippen LogP) is 3.21. The molecule has 0 radical (unpaired) electrons. The fourth-order valence-corrected chi connectivity index (χ4v) is 3.06. The number of hydrogen-bond donors (Lipinski definition) is 1. The van der Waals surface area contributed by atoms with Crippen molar-refractivity contribution in [3.63, 3.8) is 0 Å². The SMILES string of the molecule is CC(C)N1CCC(CN)C1c1cc(Cl)ccc1F. The van der Waals surface area contributed by atoms with Gasteiger partial charge in [-0.3, -0.25) is 4.90 Å². The van der Waals surface area contributed by atoms with Gasteiger partial charge in [0.2, 0.25) is 0 Å². The van der Waals surface area contributed by atoms with Gasteiger partial charge >= 0.3 is 0 Å². The summed E-state index contributed by atoms with van der Waals surface area (Å²) < 4.78 is 14.0. The van der Waals surface area contributed by atoms with Crippen LogP contribution >= 0.6 is 11.6 Å². The number of rotatable bonds is 3. The lowest BCUT2D eigenvalue weighted by Gasteiger charge is -2.31. The predicted molar refractivity (Wildman–Crippen MR) is 73.2 cm³/mol. The van der Waals surface area contributed by atoms with Gasteiger partial charge in [-0.15, -0.1) is 0 Å². The summed E-state index contributed by atoms with van der Waals surface area (Å²) in [6, 6.07) is 5.21. The Labute approximate surface area is 113 Å². The zero-order valence-electron chi connectivity index (χ0n) is 10.9. The highest BCUT2D eigenvalue weighted by molar-refractivity contribution is 6.30. The van der Waals surface area contributed by atoms with Crippen molar-refractivity contribution in [2.24, 2.45) is 11.7 Å². The lowest BCUT2D eigenvalue weighted by Crippen LogP contribution is -2.33. The summed E-state index contributed by atoms with van der Waals surface area (Å²) in [5.41, 5.74) is 6.51. The van der Waals surface area contributed by atoms with Gasteiger partial charge in [0.15, 0.2) is 0 Å². The molecule has 18 heavy (non-hydrogen) atoms. The summed E-state index contributed by atoms with van der Waals surface area (Å²) in [5, 5.41) is 0.581. The lowest BCUT2D eigenvalue weighted by molar-refractivity contribution is 0.181. The second-order valence-electron chi connectivity index (χ2n) is 5.23. The van der Waals surface area contributed by atoms with Gasteiger partial charge in [-0.25, -0.2) is 4.39 Å². The highest BCUT2D eigenvalue weighted by Gasteiger charge is 2.37. The topological polar surface area (TPSA) is 29.3 Å². The van der Waals surface area contributed by atoms with Gasteiger partial charge in [0.1, 0.15) is 5.82 Å². The molecule has 0 amide bonds. The molecule has 1 aromatic rings. The van der Waals surface area contributed by atoms with E-state index in [0.29, 0.717) is 29.1 Å². The second-order valence-corrected chi connectivity index (χ2v) is 5.66. The van der Waals surface area contributed by atoms with E-state index in [9.17, 15) is 4.39 Å². The minimum Gasteiger partial charge on any atom is -0.330 e. The Kier molecular flexibility index (Phi) is 4.25. The van der Waals surface area contributed by atoms with Crippen LogP contribution in [0.2, 0.25) is 5.02 Å². The van der Waals surface area contributed by atoms with Crippen molar-refractivity contribution in [3.05, 3.63) is 34.6 Å². The maximum Gasteiger partial charge on any atom is 0.128 e. The van der Waals surface area contributed by atoms with E-state index in [1.165, 1.54) is 6.07 Å². The van der Waals surface area contributed by atoms with Gasteiger partial charge in [0, 0.05) is 22.7 Å². The van der Waals surface area contributed by atoms with Crippen LogP contribution in [0.1, 0.15) is 31.9 Å². The van der Waals surface area contributed by atoms with Crippen molar-refractivity contribution < 1.29 is 4.39 Å². The molecule has 1 saturated heterocycles. The monoisotopic (exact) mass is 270 g/mol. The summed E-state index contributed by atoms with van der Waals surface area (Å²) in [6.07, 6.45) is 1.02. The average Bonchev–Trinajstić information content (AvgIpc) is 2.75. The number of benzene rings is 1. The van der Waals surface area contributed by atoms with Gasteiger partial charge in [-0.1, -0.05) is 11.6 Å². The molecular weight excluding hydrogens is 251 g/mol. The summed E-state index contributed by atoms with van der Waals surface area (Å²) in [5.74, 6) is 0.121. The van der Waals surface area contributed by atoms with Crippen LogP contribution in [0.4, 0.5) is 4.39 Å². The molecule has 0 aromatic heterocycles. The fourth-order valence-electron chi connectivity index (χ4n) is 2.88. The quantitative estimate of drug-likeness (QED) is 0.914. The molecule has 2 N–H and O–H groups in total. The minimum absolute atomic E-state index is 0.0497. The van der Waals surface area contributed by atoms with Crippen molar-refractivity contribution >= 4 is 11.6 Å². The highest BCUT2D eigenvalue weighted by atomic mass is 35.5. The molecule has 2 unspecified atom stereocenters. The molecule has 1 aromatic carbocycles. The molecule has 0 spiro atoms. The summed E-state index contributed by atoms with van der Waals surface area (Å²) in [6.45, 7) is 5.82. The van der Waals surface area contributed by atoms with Crippen molar-refractivity contribution in [2.45, 2.75) is 32.4 Å². The van der Waals surface area contributed by atoms with E-state index in [1.54, 1.807) is 12.1 Å². The third-order valence-corrected chi connectivity index (χ3v) is 4.04. The molecule has 1 heterocycles. The van der Waals surface area contributed by atoms with Crippen LogP contribution in [0.25, 0.3) is 0 Å². The lowest BCUT2D eigenvalue weighted by atomic mass is 9.93. The van der Waals surface area contributed by atoms with Crippen LogP contribution in [0.15, 0.2) is 18.2 Å². The number of nitrogens with zero attached hydrogens (tertiary/aromatic N) is 1. The van der Waals surface area contributed by atoms with Crippen molar-refractivity contribution in [1.82, 2.24) is 4.90 Å². The van der Waals surface area contributed by atoms with Crippen LogP contribution < -0.4 is 5.73 Å². The molecule has 4 heteroatoms. The van der Waals surface area contributed by atoms with Gasteiger partial charge in [-0.2, -0.15) is 0 Å². The van der Waals surface area contributed by atoms with Crippen LogP contribution in [0.3, 0.4) is 0 Å². The Balaban J connectivity index is 2.40. The summed E-state index contributed by atoms with van der Waals surface area (Å²) in [7, 11) is 0. The summed E-state index contributed by atoms with van der Waals surface area (Å²) >= 11 is 6.00. The molecular formula is C14H20ClFN2. The van der Waals surface area contributed by atoms with Crippen LogP contribution in [0, 0.1) is 11.7 Å². The van der Waals surface area contributed by atoms with E-state index in [4.69, 9.17) is 17.3 Å². The number of halogens is 2. The van der Waals surface area contributed by atoms with Gasteiger partial charge in [0.25, 0.3) is 0 Å². The first-order valence-corrected chi connectivity index (χ1v) is 6.83. The molecule has 2 rings (SSSR count). The standard InChI is InChI=1S/C14H20ClFN2/c1-9(2)18-6-5-10(8-17)14(18)12-7-11(15)3-4-13(12)16/h3-4,7,9-10,14H,5-6,8,17H2,1-2H3. The van der Waals surface area contributed by atoms with Crippen LogP contribution in [0.5, 0.6) is 0 Å². The number of hydrogen-bond acceptors (Lipinski definition) is 2. The molecule has 100 valence electrons. The zero-order chi connectivity index (χ0) is 13.3. The van der Waals surface area contributed by atoms with Crippen molar-refractivity contribution in [1.29, 1.82) is 0 Å². The first kappa shape index (κ1) is 13.8. The first-order chi connectivity index (χ1) is 8.54. The zero-order valence-corrected chi connectivity index (χ0v) is 11.6. The Morgan fingerprint density at radius 1 is 1.50 bits per heavy atom. The Hall–Kier alpha value is -0.640. The molecule has 1 aliphatic heterocycles. The number of nitrogens with two attached hydrogens (primary N) is 1. The van der Waals surface area contributed by atoms with E-state index < -0.39 is 0 Å². The van der Waals surface area contributed by atoms with Crippen LogP contribution in [-0.2, 0) is 0 Å². The van der Waals surface area contributed by atoms with Gasteiger partial charge in [0.05, 0.1) is 0 Å².